The number of alkyl halides is 3. The predicted molar refractivity (Wildman–Crippen MR) is 96.3 cm³/mol. The van der Waals surface area contributed by atoms with Crippen molar-refractivity contribution in [2.75, 3.05) is 5.32 Å². The number of ether oxygens (including phenoxy) is 1. The Balaban J connectivity index is 2.34. The Morgan fingerprint density at radius 2 is 1.85 bits per heavy atom. The van der Waals surface area contributed by atoms with Crippen LogP contribution in [-0.4, -0.2) is 17.1 Å². The molecule has 0 spiro atoms. The molecule has 1 heterocycles. The van der Waals surface area contributed by atoms with Crippen LogP contribution < -0.4 is 10.1 Å². The Bertz CT molecular complexity index is 838. The van der Waals surface area contributed by atoms with E-state index in [0.29, 0.717) is 28.3 Å². The molecule has 0 saturated heterocycles. The van der Waals surface area contributed by atoms with Crippen LogP contribution in [0.15, 0.2) is 36.5 Å². The van der Waals surface area contributed by atoms with Crippen molar-refractivity contribution in [3.8, 4) is 11.8 Å². The van der Waals surface area contributed by atoms with Crippen molar-refractivity contribution in [2.45, 2.75) is 33.1 Å². The van der Waals surface area contributed by atoms with Crippen molar-refractivity contribution >= 4 is 17.2 Å². The Kier molecular flexibility index (Phi) is 6.40. The Hall–Kier alpha value is -3.08. The summed E-state index contributed by atoms with van der Waals surface area (Å²) in [5, 5.41) is 20.9. The minimum absolute atomic E-state index is 0.0237. The zero-order chi connectivity index (χ0) is 20.0. The molecule has 8 heteroatoms. The minimum Gasteiger partial charge on any atom is -0.406 e. The number of pyridine rings is 1. The van der Waals surface area contributed by atoms with Gasteiger partial charge in [0, 0.05) is 23.5 Å². The molecule has 0 fully saturated rings. The van der Waals surface area contributed by atoms with E-state index in [1.165, 1.54) is 36.5 Å². The van der Waals surface area contributed by atoms with Crippen molar-refractivity contribution < 1.29 is 17.9 Å². The third-order valence-corrected chi connectivity index (χ3v) is 4.09. The SMILES string of the molecule is CCC(CC)C(=N)c1c(C#N)ccnc1Nc1ccc(OC(F)(F)F)cc1. The number of anilines is 2. The molecule has 1 aromatic heterocycles. The number of nitrogens with zero attached hydrogens (tertiary/aromatic N) is 2. The highest BCUT2D eigenvalue weighted by atomic mass is 19.4. The normalized spacial score (nSPS) is 11.1. The average Bonchev–Trinajstić information content (AvgIpc) is 2.62. The number of hydrogen-bond acceptors (Lipinski definition) is 5. The van der Waals surface area contributed by atoms with E-state index in [4.69, 9.17) is 5.41 Å². The second-order valence-electron chi connectivity index (χ2n) is 5.82. The molecule has 1 aromatic carbocycles. The van der Waals surface area contributed by atoms with Crippen LogP contribution in [0, 0.1) is 22.7 Å². The molecule has 0 aliphatic heterocycles. The fraction of sp³-hybridized carbons (Fsp3) is 0.316. The third-order valence-electron chi connectivity index (χ3n) is 4.09. The molecule has 0 amide bonds. The van der Waals surface area contributed by atoms with Crippen molar-refractivity contribution in [3.05, 3.63) is 47.7 Å². The number of rotatable bonds is 7. The van der Waals surface area contributed by atoms with E-state index >= 15 is 0 Å². The lowest BCUT2D eigenvalue weighted by Gasteiger charge is -2.18. The monoisotopic (exact) mass is 376 g/mol. The molecule has 0 unspecified atom stereocenters. The zero-order valence-corrected chi connectivity index (χ0v) is 14.9. The van der Waals surface area contributed by atoms with Crippen LogP contribution in [0.4, 0.5) is 24.7 Å². The highest BCUT2D eigenvalue weighted by Gasteiger charge is 2.31. The molecule has 0 saturated carbocycles. The molecule has 2 aromatic rings. The van der Waals surface area contributed by atoms with Crippen LogP contribution in [0.3, 0.4) is 0 Å². The van der Waals surface area contributed by atoms with E-state index in [1.807, 2.05) is 13.8 Å². The first-order valence-electron chi connectivity index (χ1n) is 8.39. The van der Waals surface area contributed by atoms with Gasteiger partial charge in [0.25, 0.3) is 0 Å². The number of benzene rings is 1. The quantitative estimate of drug-likeness (QED) is 0.634. The summed E-state index contributed by atoms with van der Waals surface area (Å²) in [5.74, 6) is -0.0448. The maximum atomic E-state index is 12.3. The Morgan fingerprint density at radius 3 is 2.37 bits per heavy atom. The summed E-state index contributed by atoms with van der Waals surface area (Å²) >= 11 is 0. The standard InChI is InChI=1S/C19H19F3N4O/c1-3-12(4-2)17(24)16-13(11-23)9-10-25-18(16)26-14-5-7-15(8-6-14)27-19(20,21)22/h5-10,12,24H,3-4H2,1-2H3,(H,25,26). The first-order chi connectivity index (χ1) is 12.8. The summed E-state index contributed by atoms with van der Waals surface area (Å²) in [4.78, 5) is 4.22. The molecule has 0 aliphatic carbocycles. The topological polar surface area (TPSA) is 81.8 Å². The van der Waals surface area contributed by atoms with Crippen molar-refractivity contribution in [1.29, 1.82) is 10.7 Å². The predicted octanol–water partition coefficient (Wildman–Crippen LogP) is 5.40. The van der Waals surface area contributed by atoms with Gasteiger partial charge in [-0.1, -0.05) is 13.8 Å². The molecular weight excluding hydrogens is 357 g/mol. The van der Waals surface area contributed by atoms with Gasteiger partial charge in [-0.25, -0.2) is 4.98 Å². The van der Waals surface area contributed by atoms with Crippen molar-refractivity contribution in [1.82, 2.24) is 4.98 Å². The van der Waals surface area contributed by atoms with Crippen LogP contribution in [0.2, 0.25) is 0 Å². The van der Waals surface area contributed by atoms with E-state index in [0.717, 1.165) is 12.8 Å². The number of aromatic nitrogens is 1. The molecule has 2 N–H and O–H groups in total. The molecule has 2 rings (SSSR count). The highest BCUT2D eigenvalue weighted by Crippen LogP contribution is 2.28. The van der Waals surface area contributed by atoms with E-state index in [-0.39, 0.29) is 11.7 Å². The lowest BCUT2D eigenvalue weighted by Crippen LogP contribution is -2.17. The van der Waals surface area contributed by atoms with Gasteiger partial charge in [0.15, 0.2) is 0 Å². The van der Waals surface area contributed by atoms with Crippen LogP contribution >= 0.6 is 0 Å². The lowest BCUT2D eigenvalue weighted by atomic mass is 9.90. The average molecular weight is 376 g/mol. The van der Waals surface area contributed by atoms with Gasteiger partial charge in [-0.3, -0.25) is 0 Å². The van der Waals surface area contributed by atoms with Gasteiger partial charge in [0.1, 0.15) is 17.6 Å². The summed E-state index contributed by atoms with van der Waals surface area (Å²) in [5.41, 5.74) is 1.50. The summed E-state index contributed by atoms with van der Waals surface area (Å²) in [6, 6.07) is 8.79. The maximum absolute atomic E-state index is 12.3. The second kappa shape index (κ2) is 8.54. The van der Waals surface area contributed by atoms with Gasteiger partial charge in [0.05, 0.1) is 11.1 Å². The molecule has 142 valence electrons. The second-order valence-corrected chi connectivity index (χ2v) is 5.82. The molecule has 0 radical (unpaired) electrons. The highest BCUT2D eigenvalue weighted by molar-refractivity contribution is 6.06. The molecular formula is C19H19F3N4O. The molecule has 0 bridgehead atoms. The van der Waals surface area contributed by atoms with E-state index in [1.54, 1.807) is 0 Å². The Morgan fingerprint density at radius 1 is 1.22 bits per heavy atom. The van der Waals surface area contributed by atoms with Gasteiger partial charge in [-0.2, -0.15) is 5.26 Å². The van der Waals surface area contributed by atoms with Crippen LogP contribution in [0.1, 0.15) is 37.8 Å². The van der Waals surface area contributed by atoms with Crippen molar-refractivity contribution in [2.24, 2.45) is 5.92 Å². The molecule has 5 nitrogen and oxygen atoms in total. The molecule has 0 aliphatic rings. The van der Waals surface area contributed by atoms with Gasteiger partial charge < -0.3 is 15.5 Å². The van der Waals surface area contributed by atoms with Gasteiger partial charge in [-0.05, 0) is 43.2 Å². The van der Waals surface area contributed by atoms with Crippen LogP contribution in [0.5, 0.6) is 5.75 Å². The largest absolute Gasteiger partial charge is 0.573 e. The smallest absolute Gasteiger partial charge is 0.406 e. The minimum atomic E-state index is -4.75. The summed E-state index contributed by atoms with van der Waals surface area (Å²) < 4.78 is 40.6. The number of nitriles is 1. The third kappa shape index (κ3) is 5.20. The summed E-state index contributed by atoms with van der Waals surface area (Å²) in [7, 11) is 0. The summed E-state index contributed by atoms with van der Waals surface area (Å²) in [6.45, 7) is 3.94. The maximum Gasteiger partial charge on any atom is 0.573 e. The fourth-order valence-corrected chi connectivity index (χ4v) is 2.70. The summed E-state index contributed by atoms with van der Waals surface area (Å²) in [6.07, 6.45) is -1.81. The molecule has 0 atom stereocenters. The number of nitrogens with one attached hydrogen (secondary N) is 2. The van der Waals surface area contributed by atoms with E-state index in [2.05, 4.69) is 21.1 Å². The van der Waals surface area contributed by atoms with Gasteiger partial charge >= 0.3 is 6.36 Å². The van der Waals surface area contributed by atoms with Gasteiger partial charge in [0.2, 0.25) is 0 Å². The fourth-order valence-electron chi connectivity index (χ4n) is 2.70. The van der Waals surface area contributed by atoms with Crippen molar-refractivity contribution in [3.63, 3.8) is 0 Å². The molecule has 27 heavy (non-hydrogen) atoms. The van der Waals surface area contributed by atoms with E-state index in [9.17, 15) is 18.4 Å². The first kappa shape index (κ1) is 20.2. The van der Waals surface area contributed by atoms with E-state index < -0.39 is 6.36 Å². The Labute approximate surface area is 155 Å². The number of hydrogen-bond donors (Lipinski definition) is 2. The number of halogens is 3. The zero-order valence-electron chi connectivity index (χ0n) is 14.9. The van der Waals surface area contributed by atoms with Crippen LogP contribution in [-0.2, 0) is 0 Å². The van der Waals surface area contributed by atoms with Gasteiger partial charge in [-0.15, -0.1) is 13.2 Å². The lowest BCUT2D eigenvalue weighted by molar-refractivity contribution is -0.274. The first-order valence-corrected chi connectivity index (χ1v) is 8.39. The van der Waals surface area contributed by atoms with Crippen LogP contribution in [0.25, 0.3) is 0 Å².